The quantitative estimate of drug-likeness (QED) is 0.682. The Hall–Kier alpha value is -0.450. The van der Waals surface area contributed by atoms with Crippen molar-refractivity contribution in [2.75, 3.05) is 19.0 Å². The summed E-state index contributed by atoms with van der Waals surface area (Å²) in [6.07, 6.45) is -3.89. The molecule has 1 aliphatic heterocycles. The van der Waals surface area contributed by atoms with Crippen LogP contribution >= 0.6 is 11.6 Å². The third-order valence-corrected chi connectivity index (χ3v) is 2.81. The van der Waals surface area contributed by atoms with Crippen molar-refractivity contribution in [3.8, 4) is 0 Å². The molecule has 0 radical (unpaired) electrons. The van der Waals surface area contributed by atoms with Crippen LogP contribution in [-0.2, 0) is 4.79 Å². The summed E-state index contributed by atoms with van der Waals surface area (Å²) in [5.74, 6) is -1.18. The standard InChI is InChI=1S/C9H13ClF3NO/c10-4-1-8(15)14-5-2-7(3-6-14)9(11,12)13/h7H,1-6H2. The second kappa shape index (κ2) is 5.05. The van der Waals surface area contributed by atoms with Crippen molar-refractivity contribution in [3.63, 3.8) is 0 Å². The van der Waals surface area contributed by atoms with Gasteiger partial charge in [0.05, 0.1) is 5.92 Å². The molecule has 2 nitrogen and oxygen atoms in total. The van der Waals surface area contributed by atoms with Crippen LogP contribution in [0, 0.1) is 5.92 Å². The van der Waals surface area contributed by atoms with Gasteiger partial charge in [-0.2, -0.15) is 13.2 Å². The van der Waals surface area contributed by atoms with E-state index >= 15 is 0 Å². The summed E-state index contributed by atoms with van der Waals surface area (Å²) >= 11 is 5.39. The van der Waals surface area contributed by atoms with Gasteiger partial charge in [-0.1, -0.05) is 0 Å². The molecule has 0 aromatic rings. The Bertz CT molecular complexity index is 224. The highest BCUT2D eigenvalue weighted by Gasteiger charge is 2.41. The van der Waals surface area contributed by atoms with Gasteiger partial charge in [0.15, 0.2) is 0 Å². The molecule has 1 fully saturated rings. The average Bonchev–Trinajstić information content (AvgIpc) is 2.17. The molecule has 1 saturated heterocycles. The Labute approximate surface area is 91.4 Å². The molecule has 0 aliphatic carbocycles. The van der Waals surface area contributed by atoms with E-state index < -0.39 is 12.1 Å². The Balaban J connectivity index is 2.39. The Morgan fingerprint density at radius 1 is 1.33 bits per heavy atom. The van der Waals surface area contributed by atoms with E-state index in [0.29, 0.717) is 0 Å². The minimum absolute atomic E-state index is 0.0114. The van der Waals surface area contributed by atoms with Crippen molar-refractivity contribution in [3.05, 3.63) is 0 Å². The van der Waals surface area contributed by atoms with Crippen LogP contribution in [0.5, 0.6) is 0 Å². The second-order valence-corrected chi connectivity index (χ2v) is 4.01. The van der Waals surface area contributed by atoms with Crippen molar-refractivity contribution < 1.29 is 18.0 Å². The van der Waals surface area contributed by atoms with Gasteiger partial charge in [-0.25, -0.2) is 0 Å². The normalized spacial score (nSPS) is 19.3. The van der Waals surface area contributed by atoms with Gasteiger partial charge in [0.2, 0.25) is 5.91 Å². The number of halogens is 4. The lowest BCUT2D eigenvalue weighted by molar-refractivity contribution is -0.186. The fourth-order valence-electron chi connectivity index (χ4n) is 1.70. The Morgan fingerprint density at radius 2 is 1.87 bits per heavy atom. The minimum Gasteiger partial charge on any atom is -0.343 e. The molecule has 0 bridgehead atoms. The first-order valence-corrected chi connectivity index (χ1v) is 5.39. The van der Waals surface area contributed by atoms with Crippen LogP contribution in [0.15, 0.2) is 0 Å². The number of nitrogens with zero attached hydrogens (tertiary/aromatic N) is 1. The highest BCUT2D eigenvalue weighted by atomic mass is 35.5. The molecule has 88 valence electrons. The zero-order valence-corrected chi connectivity index (χ0v) is 8.94. The van der Waals surface area contributed by atoms with E-state index in [-0.39, 0.29) is 44.1 Å². The molecule has 1 heterocycles. The summed E-state index contributed by atoms with van der Waals surface area (Å²) in [5.41, 5.74) is 0. The highest BCUT2D eigenvalue weighted by Crippen LogP contribution is 2.34. The molecule has 15 heavy (non-hydrogen) atoms. The van der Waals surface area contributed by atoms with Crippen LogP contribution in [0.25, 0.3) is 0 Å². The van der Waals surface area contributed by atoms with E-state index in [9.17, 15) is 18.0 Å². The second-order valence-electron chi connectivity index (χ2n) is 3.64. The van der Waals surface area contributed by atoms with Crippen molar-refractivity contribution in [2.45, 2.75) is 25.4 Å². The maximum Gasteiger partial charge on any atom is 0.391 e. The lowest BCUT2D eigenvalue weighted by atomic mass is 9.96. The first-order chi connectivity index (χ1) is 6.95. The topological polar surface area (TPSA) is 20.3 Å². The van der Waals surface area contributed by atoms with Gasteiger partial charge < -0.3 is 4.90 Å². The molecule has 0 saturated carbocycles. The predicted octanol–water partition coefficient (Wildman–Crippen LogP) is 2.42. The molecule has 0 aromatic carbocycles. The zero-order valence-electron chi connectivity index (χ0n) is 8.19. The molecule has 1 amide bonds. The largest absolute Gasteiger partial charge is 0.391 e. The third kappa shape index (κ3) is 3.55. The Morgan fingerprint density at radius 3 is 2.27 bits per heavy atom. The van der Waals surface area contributed by atoms with Gasteiger partial charge in [-0.3, -0.25) is 4.79 Å². The van der Waals surface area contributed by atoms with Gasteiger partial charge in [-0.15, -0.1) is 11.6 Å². The van der Waals surface area contributed by atoms with Gasteiger partial charge >= 0.3 is 6.18 Å². The maximum atomic E-state index is 12.3. The van der Waals surface area contributed by atoms with E-state index in [1.54, 1.807) is 0 Å². The van der Waals surface area contributed by atoms with E-state index in [1.165, 1.54) is 4.90 Å². The number of carbonyl (C=O) groups is 1. The summed E-state index contributed by atoms with van der Waals surface area (Å²) in [6.45, 7) is 0.389. The number of piperidine rings is 1. The zero-order chi connectivity index (χ0) is 11.5. The molecule has 0 aromatic heterocycles. The van der Waals surface area contributed by atoms with Crippen LogP contribution in [0.2, 0.25) is 0 Å². The summed E-state index contributed by atoms with van der Waals surface area (Å²) in [4.78, 5) is 12.8. The van der Waals surface area contributed by atoms with Crippen LogP contribution < -0.4 is 0 Å². The van der Waals surface area contributed by atoms with Crippen LogP contribution in [0.3, 0.4) is 0 Å². The first kappa shape index (κ1) is 12.6. The number of likely N-dealkylation sites (tertiary alicyclic amines) is 1. The summed E-state index contributed by atoms with van der Waals surface area (Å²) in [7, 11) is 0. The lowest BCUT2D eigenvalue weighted by Crippen LogP contribution is -2.42. The summed E-state index contributed by atoms with van der Waals surface area (Å²) in [6, 6.07) is 0. The van der Waals surface area contributed by atoms with Crippen LogP contribution in [0.1, 0.15) is 19.3 Å². The van der Waals surface area contributed by atoms with Crippen molar-refractivity contribution in [1.82, 2.24) is 4.90 Å². The first-order valence-electron chi connectivity index (χ1n) is 4.85. The minimum atomic E-state index is -4.12. The van der Waals surface area contributed by atoms with Crippen molar-refractivity contribution >= 4 is 17.5 Å². The maximum absolute atomic E-state index is 12.3. The SMILES string of the molecule is O=C(CCCl)N1CCC(C(F)(F)F)CC1. The van der Waals surface area contributed by atoms with Crippen LogP contribution in [-0.4, -0.2) is 36.0 Å². The molecule has 0 N–H and O–H groups in total. The third-order valence-electron chi connectivity index (χ3n) is 2.62. The molecule has 0 spiro atoms. The number of alkyl halides is 4. The molecule has 0 atom stereocenters. The average molecular weight is 244 g/mol. The van der Waals surface area contributed by atoms with Gasteiger partial charge in [-0.05, 0) is 12.8 Å². The molecule has 0 unspecified atom stereocenters. The molecular weight excluding hydrogens is 231 g/mol. The fraction of sp³-hybridized carbons (Fsp3) is 0.889. The number of amides is 1. The van der Waals surface area contributed by atoms with Crippen molar-refractivity contribution in [2.24, 2.45) is 5.92 Å². The van der Waals surface area contributed by atoms with Gasteiger partial charge in [0.25, 0.3) is 0 Å². The number of hydrogen-bond acceptors (Lipinski definition) is 1. The highest BCUT2D eigenvalue weighted by molar-refractivity contribution is 6.18. The molecule has 6 heteroatoms. The fourth-order valence-corrected chi connectivity index (χ4v) is 1.86. The number of hydrogen-bond donors (Lipinski definition) is 0. The lowest BCUT2D eigenvalue weighted by Gasteiger charge is -2.32. The smallest absolute Gasteiger partial charge is 0.343 e. The van der Waals surface area contributed by atoms with Gasteiger partial charge in [0, 0.05) is 25.4 Å². The summed E-state index contributed by atoms with van der Waals surface area (Å²) in [5, 5.41) is 0. The van der Waals surface area contributed by atoms with E-state index in [4.69, 9.17) is 11.6 Å². The van der Waals surface area contributed by atoms with E-state index in [0.717, 1.165) is 0 Å². The number of carbonyl (C=O) groups excluding carboxylic acids is 1. The monoisotopic (exact) mass is 243 g/mol. The van der Waals surface area contributed by atoms with E-state index in [2.05, 4.69) is 0 Å². The Kier molecular flexibility index (Phi) is 4.25. The number of rotatable bonds is 2. The molecule has 1 aliphatic rings. The van der Waals surface area contributed by atoms with E-state index in [1.807, 2.05) is 0 Å². The molecular formula is C9H13ClF3NO. The molecule has 1 rings (SSSR count). The summed E-state index contributed by atoms with van der Waals surface area (Å²) < 4.78 is 36.9. The van der Waals surface area contributed by atoms with Crippen molar-refractivity contribution in [1.29, 1.82) is 0 Å². The van der Waals surface area contributed by atoms with Crippen LogP contribution in [0.4, 0.5) is 13.2 Å². The predicted molar refractivity (Wildman–Crippen MR) is 50.7 cm³/mol. The van der Waals surface area contributed by atoms with Gasteiger partial charge in [0.1, 0.15) is 0 Å².